The molecule has 2 fully saturated rings. The summed E-state index contributed by atoms with van der Waals surface area (Å²) in [5.74, 6) is 0.650. The fourth-order valence-corrected chi connectivity index (χ4v) is 3.34. The number of hydrogen-bond donors (Lipinski definition) is 3. The van der Waals surface area contributed by atoms with Gasteiger partial charge in [-0.3, -0.25) is 9.59 Å². The molecule has 0 radical (unpaired) electrons. The quantitative estimate of drug-likeness (QED) is 0.228. The molecule has 2 aromatic heterocycles. The minimum atomic E-state index is -4.28. The molecule has 11 nitrogen and oxygen atoms in total. The van der Waals surface area contributed by atoms with Gasteiger partial charge in [0.1, 0.15) is 11.5 Å². The van der Waals surface area contributed by atoms with Gasteiger partial charge in [0.05, 0.1) is 17.6 Å². The van der Waals surface area contributed by atoms with E-state index in [2.05, 4.69) is 40.6 Å². The van der Waals surface area contributed by atoms with Gasteiger partial charge in [0.2, 0.25) is 6.41 Å². The zero-order valence-corrected chi connectivity index (χ0v) is 23.8. The molecule has 1 aromatic carbocycles. The Balaban J connectivity index is 0.000000322. The molecule has 226 valence electrons. The van der Waals surface area contributed by atoms with Gasteiger partial charge in [-0.25, -0.2) is 9.61 Å². The molecule has 3 N–H and O–H groups in total. The number of methoxy groups -OCH3 is 1. The summed E-state index contributed by atoms with van der Waals surface area (Å²) >= 11 is 0. The second kappa shape index (κ2) is 14.4. The lowest BCUT2D eigenvalue weighted by atomic mass is 10.1. The lowest BCUT2D eigenvalue weighted by molar-refractivity contribution is -0.255. The normalized spacial score (nSPS) is 14.5. The number of alkyl halides is 3. The van der Waals surface area contributed by atoms with Crippen LogP contribution in [0.2, 0.25) is 0 Å². The summed E-state index contributed by atoms with van der Waals surface area (Å²) in [4.78, 5) is 32.6. The van der Waals surface area contributed by atoms with Crippen LogP contribution in [-0.2, 0) is 22.6 Å². The maximum atomic E-state index is 12.4. The first-order chi connectivity index (χ1) is 19.4. The maximum Gasteiger partial charge on any atom is 0.416 e. The average Bonchev–Trinajstić information content (AvgIpc) is 3.88. The average molecular weight is 582 g/mol. The first-order valence-electron chi connectivity index (χ1n) is 13.5. The van der Waals surface area contributed by atoms with Crippen molar-refractivity contribution in [2.45, 2.75) is 76.7 Å². The predicted octanol–water partition coefficient (Wildman–Crippen LogP) is 4.08. The summed E-state index contributed by atoms with van der Waals surface area (Å²) in [6.07, 6.45) is 2.96. The third-order valence-corrected chi connectivity index (χ3v) is 6.42. The number of ether oxygens (including phenoxy) is 1. The summed E-state index contributed by atoms with van der Waals surface area (Å²) in [6.45, 7) is 4.35. The Morgan fingerprint density at radius 2 is 1.93 bits per heavy atom. The van der Waals surface area contributed by atoms with Gasteiger partial charge < -0.3 is 25.3 Å². The third kappa shape index (κ3) is 10.1. The summed E-state index contributed by atoms with van der Waals surface area (Å²) < 4.78 is 44.0. The monoisotopic (exact) mass is 581 g/mol. The Bertz CT molecular complexity index is 1270. The van der Waals surface area contributed by atoms with E-state index in [1.165, 1.54) is 19.3 Å². The number of aromatic amines is 1. The van der Waals surface area contributed by atoms with Crippen LogP contribution in [0.1, 0.15) is 79.4 Å². The van der Waals surface area contributed by atoms with Crippen LogP contribution < -0.4 is 10.6 Å². The van der Waals surface area contributed by atoms with Crippen LogP contribution in [0.3, 0.4) is 0 Å². The van der Waals surface area contributed by atoms with Gasteiger partial charge in [-0.1, -0.05) is 30.5 Å². The largest absolute Gasteiger partial charge is 0.416 e. The molecular formula is C27H38F3N7O4. The van der Waals surface area contributed by atoms with Crippen LogP contribution in [0.15, 0.2) is 22.8 Å². The molecule has 2 saturated carbocycles. The molecule has 2 heterocycles. The van der Waals surface area contributed by atoms with Crippen molar-refractivity contribution >= 4 is 23.4 Å². The van der Waals surface area contributed by atoms with E-state index in [4.69, 9.17) is 4.63 Å². The number of fused-ring (bicyclic) bond motifs is 1. The van der Waals surface area contributed by atoms with Crippen molar-refractivity contribution < 1.29 is 32.1 Å². The first kappa shape index (κ1) is 32.0. The molecule has 14 heteroatoms. The Hall–Kier alpha value is -3.52. The minimum Gasteiger partial charge on any atom is -0.369 e. The standard InChI is InChI=1S/C19H23N7O3.C5H9F3O.C3H6/c1-26(7-6-20-11-27)10-12-2-5-14-15(8-12)23-16(22-14)9-21-19(28)18-17(13-3-4-13)24-29-25-18;1-4(2,9-3)5(6,7)8;1-2-3-1/h2,5,8,11,13H,3-4,6-7,9-10H2,1H3,(H,20,27)(H,21,28)(H,22,23);1-3H3;1-3H2. The molecule has 0 atom stereocenters. The van der Waals surface area contributed by atoms with Crippen molar-refractivity contribution in [3.8, 4) is 0 Å². The van der Waals surface area contributed by atoms with Gasteiger partial charge in [0.25, 0.3) is 5.91 Å². The number of imidazole rings is 1. The van der Waals surface area contributed by atoms with E-state index in [1.54, 1.807) is 0 Å². The van der Waals surface area contributed by atoms with E-state index in [-0.39, 0.29) is 18.1 Å². The number of nitrogens with zero attached hydrogens (tertiary/aromatic N) is 4. The number of benzene rings is 1. The highest BCUT2D eigenvalue weighted by Gasteiger charge is 2.47. The Kier molecular flexibility index (Phi) is 11.2. The van der Waals surface area contributed by atoms with Gasteiger partial charge in [-0.2, -0.15) is 13.2 Å². The van der Waals surface area contributed by atoms with Crippen LogP contribution in [0, 0.1) is 0 Å². The number of amides is 2. The van der Waals surface area contributed by atoms with Gasteiger partial charge in [0.15, 0.2) is 11.3 Å². The number of carbonyl (C=O) groups is 2. The number of carbonyl (C=O) groups excluding carboxylic acids is 2. The molecule has 0 spiro atoms. The van der Waals surface area contributed by atoms with E-state index in [0.29, 0.717) is 30.4 Å². The van der Waals surface area contributed by atoms with Gasteiger partial charge in [0, 0.05) is 32.7 Å². The van der Waals surface area contributed by atoms with Crippen molar-refractivity contribution in [1.29, 1.82) is 0 Å². The summed E-state index contributed by atoms with van der Waals surface area (Å²) in [6, 6.07) is 6.03. The van der Waals surface area contributed by atoms with Crippen LogP contribution >= 0.6 is 0 Å². The molecule has 0 unspecified atom stereocenters. The summed E-state index contributed by atoms with van der Waals surface area (Å²) in [5.41, 5.74) is 1.76. The molecule has 3 aromatic rings. The SMILES string of the molecule is C1CC1.CN(CCNC=O)Cc1ccc2nc(CNC(=O)c3nonc3C3CC3)[nH]c2c1.COC(C)(C)C(F)(F)F. The highest BCUT2D eigenvalue weighted by Crippen LogP contribution is 2.40. The number of rotatable bonds is 11. The van der Waals surface area contributed by atoms with E-state index in [9.17, 15) is 22.8 Å². The summed E-state index contributed by atoms with van der Waals surface area (Å²) in [7, 11) is 3.03. The first-order valence-corrected chi connectivity index (χ1v) is 13.5. The number of halogens is 3. The maximum absolute atomic E-state index is 12.4. The van der Waals surface area contributed by atoms with Crippen molar-refractivity contribution in [2.75, 3.05) is 27.2 Å². The van der Waals surface area contributed by atoms with Crippen molar-refractivity contribution in [3.63, 3.8) is 0 Å². The molecule has 2 aliphatic carbocycles. The van der Waals surface area contributed by atoms with Crippen molar-refractivity contribution in [2.24, 2.45) is 0 Å². The Morgan fingerprint density at radius 3 is 2.49 bits per heavy atom. The minimum absolute atomic E-state index is 0.261. The van der Waals surface area contributed by atoms with E-state index < -0.39 is 11.8 Å². The van der Waals surface area contributed by atoms with Crippen molar-refractivity contribution in [3.05, 3.63) is 41.0 Å². The van der Waals surface area contributed by atoms with E-state index in [1.807, 2.05) is 25.2 Å². The highest BCUT2D eigenvalue weighted by molar-refractivity contribution is 5.93. The Labute approximate surface area is 236 Å². The fourth-order valence-electron chi connectivity index (χ4n) is 3.34. The predicted molar refractivity (Wildman–Crippen MR) is 145 cm³/mol. The zero-order valence-electron chi connectivity index (χ0n) is 23.8. The molecule has 0 aliphatic heterocycles. The molecule has 41 heavy (non-hydrogen) atoms. The molecule has 0 bridgehead atoms. The molecular weight excluding hydrogens is 543 g/mol. The lowest BCUT2D eigenvalue weighted by Gasteiger charge is -2.25. The second-order valence-corrected chi connectivity index (χ2v) is 10.6. The summed E-state index contributed by atoms with van der Waals surface area (Å²) in [5, 5.41) is 13.1. The number of nitrogens with one attached hydrogen (secondary N) is 3. The zero-order chi connectivity index (χ0) is 30.0. The lowest BCUT2D eigenvalue weighted by Crippen LogP contribution is -2.40. The van der Waals surface area contributed by atoms with Crippen LogP contribution in [-0.4, -0.2) is 76.5 Å². The third-order valence-electron chi connectivity index (χ3n) is 6.42. The van der Waals surface area contributed by atoms with Crippen molar-refractivity contribution in [1.82, 2.24) is 35.8 Å². The topological polar surface area (TPSA) is 138 Å². The fraction of sp³-hybridized carbons (Fsp3) is 0.593. The molecule has 5 rings (SSSR count). The number of H-pyrrole nitrogens is 1. The highest BCUT2D eigenvalue weighted by atomic mass is 19.4. The molecule has 2 amide bonds. The van der Waals surface area contributed by atoms with Crippen LogP contribution in [0.4, 0.5) is 13.2 Å². The van der Waals surface area contributed by atoms with Crippen LogP contribution in [0.25, 0.3) is 11.0 Å². The second-order valence-electron chi connectivity index (χ2n) is 10.6. The molecule has 0 saturated heterocycles. The Morgan fingerprint density at radius 1 is 1.22 bits per heavy atom. The van der Waals surface area contributed by atoms with Gasteiger partial charge in [-0.05, 0) is 56.6 Å². The number of likely N-dealkylation sites (N-methyl/N-ethyl adjacent to an activating group) is 1. The molecule has 2 aliphatic rings. The smallest absolute Gasteiger partial charge is 0.369 e. The number of aromatic nitrogens is 4. The van der Waals surface area contributed by atoms with E-state index in [0.717, 1.165) is 63.5 Å². The van der Waals surface area contributed by atoms with Gasteiger partial charge >= 0.3 is 6.18 Å². The van der Waals surface area contributed by atoms with Gasteiger partial charge in [-0.15, -0.1) is 0 Å². The van der Waals surface area contributed by atoms with Crippen LogP contribution in [0.5, 0.6) is 0 Å². The van der Waals surface area contributed by atoms with E-state index >= 15 is 0 Å². The number of hydrogen-bond acceptors (Lipinski definition) is 8.